The first-order valence-corrected chi connectivity index (χ1v) is 7.03. The van der Waals surface area contributed by atoms with Gasteiger partial charge in [-0.3, -0.25) is 4.79 Å². The topological polar surface area (TPSA) is 46.9 Å². The van der Waals surface area contributed by atoms with Crippen molar-refractivity contribution >= 4 is 5.91 Å². The lowest BCUT2D eigenvalue weighted by Gasteiger charge is -2.24. The van der Waals surface area contributed by atoms with Crippen LogP contribution in [0.2, 0.25) is 0 Å². The minimum Gasteiger partial charge on any atom is -0.352 e. The Kier molecular flexibility index (Phi) is 3.10. The number of imidazole rings is 1. The third kappa shape index (κ3) is 2.74. The van der Waals surface area contributed by atoms with Crippen molar-refractivity contribution in [2.75, 3.05) is 0 Å². The van der Waals surface area contributed by atoms with Crippen molar-refractivity contribution in [2.45, 2.75) is 58.0 Å². The number of hydrogen-bond donors (Lipinski definition) is 1. The van der Waals surface area contributed by atoms with E-state index in [1.54, 1.807) is 0 Å². The Morgan fingerprint density at radius 3 is 3.11 bits per heavy atom. The summed E-state index contributed by atoms with van der Waals surface area (Å²) in [5.41, 5.74) is 1.07. The second kappa shape index (κ2) is 4.75. The molecule has 1 N–H and O–H groups in total. The summed E-state index contributed by atoms with van der Waals surface area (Å²) in [6, 6.07) is 0.290. The molecule has 0 spiro atoms. The fourth-order valence-electron chi connectivity index (χ4n) is 2.75. The van der Waals surface area contributed by atoms with Crippen molar-refractivity contribution < 1.29 is 4.79 Å². The lowest BCUT2D eigenvalue weighted by atomic mass is 10.1. The Balaban J connectivity index is 1.50. The third-order valence-corrected chi connectivity index (χ3v) is 3.95. The van der Waals surface area contributed by atoms with Gasteiger partial charge in [0.05, 0.1) is 5.69 Å². The van der Waals surface area contributed by atoms with Gasteiger partial charge >= 0.3 is 0 Å². The molecule has 3 rings (SSSR count). The van der Waals surface area contributed by atoms with Gasteiger partial charge < -0.3 is 9.88 Å². The predicted molar refractivity (Wildman–Crippen MR) is 69.2 cm³/mol. The Morgan fingerprint density at radius 2 is 2.33 bits per heavy atom. The molecule has 2 aliphatic rings. The summed E-state index contributed by atoms with van der Waals surface area (Å²) in [5, 5.41) is 3.16. The van der Waals surface area contributed by atoms with Gasteiger partial charge in [0.25, 0.3) is 0 Å². The first-order chi connectivity index (χ1) is 8.70. The Morgan fingerprint density at radius 1 is 1.50 bits per heavy atom. The molecule has 1 aromatic heterocycles. The number of nitrogens with one attached hydrogen (secondary N) is 1. The lowest BCUT2D eigenvalue weighted by Crippen LogP contribution is -2.40. The van der Waals surface area contributed by atoms with Gasteiger partial charge in [-0.2, -0.15) is 0 Å². The highest BCUT2D eigenvalue weighted by molar-refractivity contribution is 5.76. The van der Waals surface area contributed by atoms with Crippen LogP contribution in [0.25, 0.3) is 0 Å². The maximum atomic E-state index is 11.8. The molecule has 1 aliphatic carbocycles. The second-order valence-electron chi connectivity index (χ2n) is 5.74. The Hall–Kier alpha value is -1.32. The number of hydrogen-bond acceptors (Lipinski definition) is 2. The number of aromatic nitrogens is 2. The molecule has 0 unspecified atom stereocenters. The van der Waals surface area contributed by atoms with Gasteiger partial charge in [0, 0.05) is 31.6 Å². The molecule has 1 fully saturated rings. The summed E-state index contributed by atoms with van der Waals surface area (Å²) in [6.45, 7) is 2.90. The molecule has 98 valence electrons. The minimum absolute atomic E-state index is 0.229. The number of aryl methyl sites for hydroxylation is 2. The van der Waals surface area contributed by atoms with Gasteiger partial charge in [0.2, 0.25) is 5.91 Å². The van der Waals surface area contributed by atoms with E-state index in [1.807, 2.05) is 6.92 Å². The smallest absolute Gasteiger partial charge is 0.220 e. The maximum absolute atomic E-state index is 11.8. The van der Waals surface area contributed by atoms with Gasteiger partial charge in [-0.25, -0.2) is 4.98 Å². The summed E-state index contributed by atoms with van der Waals surface area (Å²) >= 11 is 0. The lowest BCUT2D eigenvalue weighted by molar-refractivity contribution is -0.122. The van der Waals surface area contributed by atoms with Crippen molar-refractivity contribution in [1.29, 1.82) is 0 Å². The molecule has 4 nitrogen and oxygen atoms in total. The number of carbonyl (C=O) groups is 1. The van der Waals surface area contributed by atoms with Crippen molar-refractivity contribution in [2.24, 2.45) is 5.92 Å². The van der Waals surface area contributed by atoms with Gasteiger partial charge in [-0.15, -0.1) is 0 Å². The summed E-state index contributed by atoms with van der Waals surface area (Å²) in [7, 11) is 0. The van der Waals surface area contributed by atoms with E-state index in [0.29, 0.717) is 6.42 Å². The number of fused-ring (bicyclic) bond motifs is 1. The fraction of sp³-hybridized carbons (Fsp3) is 0.714. The molecule has 1 aliphatic heterocycles. The quantitative estimate of drug-likeness (QED) is 0.882. The Bertz CT molecular complexity index is 448. The molecular weight excluding hydrogens is 226 g/mol. The molecular formula is C14H21N3O. The highest BCUT2D eigenvalue weighted by atomic mass is 16.1. The fourth-order valence-corrected chi connectivity index (χ4v) is 2.75. The van der Waals surface area contributed by atoms with E-state index < -0.39 is 0 Å². The molecule has 4 heteroatoms. The van der Waals surface area contributed by atoms with Crippen LogP contribution in [0.3, 0.4) is 0 Å². The SMILES string of the molecule is Cc1cn2c(n1)CC[C@H](NC(=O)CCC1CC1)C2. The van der Waals surface area contributed by atoms with Gasteiger partial charge in [-0.1, -0.05) is 12.8 Å². The van der Waals surface area contributed by atoms with Crippen molar-refractivity contribution in [1.82, 2.24) is 14.9 Å². The van der Waals surface area contributed by atoms with Crippen LogP contribution in [0.15, 0.2) is 6.20 Å². The van der Waals surface area contributed by atoms with E-state index in [1.165, 1.54) is 12.8 Å². The first kappa shape index (κ1) is 11.8. The van der Waals surface area contributed by atoms with Gasteiger partial charge in [0.1, 0.15) is 5.82 Å². The summed E-state index contributed by atoms with van der Waals surface area (Å²) in [6.07, 6.45) is 8.51. The van der Waals surface area contributed by atoms with E-state index in [2.05, 4.69) is 21.1 Å². The van der Waals surface area contributed by atoms with Crippen molar-refractivity contribution in [3.63, 3.8) is 0 Å². The van der Waals surface area contributed by atoms with Crippen molar-refractivity contribution in [3.05, 3.63) is 17.7 Å². The zero-order valence-corrected chi connectivity index (χ0v) is 11.0. The average Bonchev–Trinajstić information content (AvgIpc) is 3.08. The zero-order valence-electron chi connectivity index (χ0n) is 11.0. The summed E-state index contributed by atoms with van der Waals surface area (Å²) in [4.78, 5) is 16.3. The van der Waals surface area contributed by atoms with E-state index in [0.717, 1.165) is 43.2 Å². The van der Waals surface area contributed by atoms with Crippen molar-refractivity contribution in [3.8, 4) is 0 Å². The van der Waals surface area contributed by atoms with Crippen LogP contribution in [-0.4, -0.2) is 21.5 Å². The molecule has 0 radical (unpaired) electrons. The number of nitrogens with zero attached hydrogens (tertiary/aromatic N) is 2. The van der Waals surface area contributed by atoms with E-state index in [9.17, 15) is 4.79 Å². The number of rotatable bonds is 4. The van der Waals surface area contributed by atoms with Crippen LogP contribution in [0.4, 0.5) is 0 Å². The van der Waals surface area contributed by atoms with Gasteiger partial charge in [-0.05, 0) is 25.7 Å². The highest BCUT2D eigenvalue weighted by Gasteiger charge is 2.24. The molecule has 1 aromatic rings. The molecule has 1 saturated carbocycles. The summed E-state index contributed by atoms with van der Waals surface area (Å²) in [5.74, 6) is 2.23. The van der Waals surface area contributed by atoms with Crippen LogP contribution in [0.5, 0.6) is 0 Å². The Labute approximate surface area is 108 Å². The van der Waals surface area contributed by atoms with E-state index in [4.69, 9.17) is 0 Å². The molecule has 18 heavy (non-hydrogen) atoms. The maximum Gasteiger partial charge on any atom is 0.220 e. The van der Waals surface area contributed by atoms with Crippen LogP contribution in [0, 0.1) is 12.8 Å². The zero-order chi connectivity index (χ0) is 12.5. The largest absolute Gasteiger partial charge is 0.352 e. The van der Waals surface area contributed by atoms with Crippen LogP contribution >= 0.6 is 0 Å². The number of carbonyl (C=O) groups excluding carboxylic acids is 1. The highest BCUT2D eigenvalue weighted by Crippen LogP contribution is 2.33. The predicted octanol–water partition coefficient (Wildman–Crippen LogP) is 1.81. The standard InChI is InChI=1S/C14H21N3O/c1-10-8-17-9-12(5-6-13(17)15-10)16-14(18)7-4-11-2-3-11/h8,11-12H,2-7,9H2,1H3,(H,16,18)/t12-/m0/s1. The normalized spacial score (nSPS) is 22.6. The minimum atomic E-state index is 0.229. The first-order valence-electron chi connectivity index (χ1n) is 7.03. The third-order valence-electron chi connectivity index (χ3n) is 3.95. The van der Waals surface area contributed by atoms with Crippen LogP contribution in [0.1, 0.15) is 43.6 Å². The molecule has 2 heterocycles. The average molecular weight is 247 g/mol. The van der Waals surface area contributed by atoms with Crippen LogP contribution in [-0.2, 0) is 17.8 Å². The monoisotopic (exact) mass is 247 g/mol. The molecule has 0 aromatic carbocycles. The number of amides is 1. The molecule has 0 bridgehead atoms. The molecule has 0 saturated heterocycles. The second-order valence-corrected chi connectivity index (χ2v) is 5.74. The summed E-state index contributed by atoms with van der Waals surface area (Å²) < 4.78 is 2.19. The van der Waals surface area contributed by atoms with E-state index in [-0.39, 0.29) is 11.9 Å². The van der Waals surface area contributed by atoms with E-state index >= 15 is 0 Å². The molecule has 1 amide bonds. The van der Waals surface area contributed by atoms with Crippen LogP contribution < -0.4 is 5.32 Å². The van der Waals surface area contributed by atoms with Gasteiger partial charge in [0.15, 0.2) is 0 Å². The molecule has 1 atom stereocenters.